The molecule has 1 unspecified atom stereocenters. The van der Waals surface area contributed by atoms with E-state index in [4.69, 9.17) is 55.9 Å². The van der Waals surface area contributed by atoms with Gasteiger partial charge in [-0.25, -0.2) is 0 Å². The number of esters is 1. The molecule has 0 saturated heterocycles. The second-order valence-electron chi connectivity index (χ2n) is 4.21. The monoisotopic (exact) mass is 451 g/mol. The molecule has 0 radical (unpaired) electrons. The summed E-state index contributed by atoms with van der Waals surface area (Å²) in [5.74, 6) is -0.0509. The molecule has 0 aliphatic heterocycles. The summed E-state index contributed by atoms with van der Waals surface area (Å²) >= 11 is 26.8. The maximum absolute atomic E-state index is 11.1. The van der Waals surface area contributed by atoms with Crippen molar-refractivity contribution in [3.63, 3.8) is 0 Å². The molecule has 124 valence electrons. The molecule has 1 aromatic rings. The normalized spacial score (nSPS) is 13.0. The van der Waals surface area contributed by atoms with Crippen LogP contribution < -0.4 is 10.1 Å². The molecule has 9 heteroatoms. The molecule has 1 aromatic carbocycles. The van der Waals surface area contributed by atoms with E-state index < -0.39 is 16.0 Å². The van der Waals surface area contributed by atoms with Gasteiger partial charge in [-0.3, -0.25) is 10.1 Å². The molecule has 0 aliphatic rings. The van der Waals surface area contributed by atoms with Crippen molar-refractivity contribution in [2.75, 3.05) is 11.9 Å². The molecule has 0 amide bonds. The molecule has 0 aliphatic carbocycles. The third-order valence-electron chi connectivity index (χ3n) is 2.41. The number of halogens is 5. The molecular weight excluding hydrogens is 440 g/mol. The SMILES string of the molecule is CC(=O)Oc1ccc(Cl)cc1CNC(OCCBr)C(Cl)(Cl)Cl. The average molecular weight is 454 g/mol. The summed E-state index contributed by atoms with van der Waals surface area (Å²) in [4.78, 5) is 11.1. The first-order valence-electron chi connectivity index (χ1n) is 6.18. The molecule has 4 nitrogen and oxygen atoms in total. The molecular formula is C13H14BrCl4NO3. The van der Waals surface area contributed by atoms with Crippen LogP contribution in [0.1, 0.15) is 12.5 Å². The van der Waals surface area contributed by atoms with Gasteiger partial charge in [0.2, 0.25) is 3.79 Å². The first kappa shape index (κ1) is 20.3. The fourth-order valence-corrected chi connectivity index (χ4v) is 2.38. The topological polar surface area (TPSA) is 47.6 Å². The van der Waals surface area contributed by atoms with Crippen LogP contribution in [0.25, 0.3) is 0 Å². The van der Waals surface area contributed by atoms with Crippen LogP contribution in [0.15, 0.2) is 18.2 Å². The summed E-state index contributed by atoms with van der Waals surface area (Å²) in [6.07, 6.45) is -0.834. The van der Waals surface area contributed by atoms with Crippen LogP contribution in [0.2, 0.25) is 5.02 Å². The van der Waals surface area contributed by atoms with Crippen molar-refractivity contribution in [2.45, 2.75) is 23.5 Å². The van der Waals surface area contributed by atoms with E-state index in [2.05, 4.69) is 21.2 Å². The highest BCUT2D eigenvalue weighted by molar-refractivity contribution is 9.09. The van der Waals surface area contributed by atoms with Gasteiger partial charge in [-0.2, -0.15) is 0 Å². The second kappa shape index (κ2) is 9.52. The highest BCUT2D eigenvalue weighted by Gasteiger charge is 2.33. The van der Waals surface area contributed by atoms with Gasteiger partial charge in [0.25, 0.3) is 0 Å². The Kier molecular flexibility index (Phi) is 8.78. The zero-order chi connectivity index (χ0) is 16.8. The molecule has 0 aromatic heterocycles. The van der Waals surface area contributed by atoms with Gasteiger partial charge in [-0.05, 0) is 18.2 Å². The molecule has 0 fully saturated rings. The molecule has 0 spiro atoms. The molecule has 0 bridgehead atoms. The van der Waals surface area contributed by atoms with Gasteiger partial charge < -0.3 is 9.47 Å². The summed E-state index contributed by atoms with van der Waals surface area (Å²) in [6, 6.07) is 4.88. The van der Waals surface area contributed by atoms with Crippen molar-refractivity contribution in [1.82, 2.24) is 5.32 Å². The van der Waals surface area contributed by atoms with Crippen LogP contribution in [0.4, 0.5) is 0 Å². The van der Waals surface area contributed by atoms with Crippen LogP contribution in [0.5, 0.6) is 5.75 Å². The lowest BCUT2D eigenvalue weighted by molar-refractivity contribution is -0.131. The van der Waals surface area contributed by atoms with E-state index in [0.29, 0.717) is 28.3 Å². The number of alkyl halides is 4. The van der Waals surface area contributed by atoms with E-state index in [1.165, 1.54) is 6.92 Å². The van der Waals surface area contributed by atoms with Gasteiger partial charge in [0.1, 0.15) is 5.75 Å². The van der Waals surface area contributed by atoms with E-state index in [0.717, 1.165) is 0 Å². The molecule has 0 heterocycles. The number of carbonyl (C=O) groups excluding carboxylic acids is 1. The predicted octanol–water partition coefficient (Wildman–Crippen LogP) is 4.46. The van der Waals surface area contributed by atoms with Crippen LogP contribution in [0, 0.1) is 0 Å². The third kappa shape index (κ3) is 7.21. The lowest BCUT2D eigenvalue weighted by Crippen LogP contribution is -2.42. The van der Waals surface area contributed by atoms with Crippen molar-refractivity contribution in [3.05, 3.63) is 28.8 Å². The quantitative estimate of drug-likeness (QED) is 0.286. The van der Waals surface area contributed by atoms with Crippen LogP contribution in [-0.4, -0.2) is 27.9 Å². The maximum Gasteiger partial charge on any atom is 0.308 e. The van der Waals surface area contributed by atoms with Crippen molar-refractivity contribution in [2.24, 2.45) is 0 Å². The third-order valence-corrected chi connectivity index (χ3v) is 3.57. The Bertz CT molecular complexity index is 511. The highest BCUT2D eigenvalue weighted by Crippen LogP contribution is 2.32. The fourth-order valence-electron chi connectivity index (χ4n) is 1.57. The molecule has 1 rings (SSSR count). The summed E-state index contributed by atoms with van der Waals surface area (Å²) in [7, 11) is 0. The van der Waals surface area contributed by atoms with Crippen molar-refractivity contribution in [3.8, 4) is 5.75 Å². The van der Waals surface area contributed by atoms with E-state index in [1.54, 1.807) is 18.2 Å². The Balaban J connectivity index is 2.83. The number of hydrogen-bond acceptors (Lipinski definition) is 4. The smallest absolute Gasteiger partial charge is 0.308 e. The van der Waals surface area contributed by atoms with Gasteiger partial charge in [-0.1, -0.05) is 62.3 Å². The predicted molar refractivity (Wildman–Crippen MR) is 93.4 cm³/mol. The first-order chi connectivity index (χ1) is 10.2. The largest absolute Gasteiger partial charge is 0.426 e. The van der Waals surface area contributed by atoms with Crippen molar-refractivity contribution in [1.29, 1.82) is 0 Å². The van der Waals surface area contributed by atoms with E-state index in [1.807, 2.05) is 0 Å². The fraction of sp³-hybridized carbons (Fsp3) is 0.462. The van der Waals surface area contributed by atoms with E-state index in [-0.39, 0.29) is 6.54 Å². The lowest BCUT2D eigenvalue weighted by atomic mass is 10.2. The Morgan fingerprint density at radius 1 is 1.41 bits per heavy atom. The highest BCUT2D eigenvalue weighted by atomic mass is 79.9. The summed E-state index contributed by atoms with van der Waals surface area (Å²) in [6.45, 7) is 1.91. The number of benzene rings is 1. The minimum Gasteiger partial charge on any atom is -0.426 e. The summed E-state index contributed by atoms with van der Waals surface area (Å²) in [5.41, 5.74) is 0.643. The van der Waals surface area contributed by atoms with Gasteiger partial charge in [-0.15, -0.1) is 0 Å². The maximum atomic E-state index is 11.1. The van der Waals surface area contributed by atoms with Gasteiger partial charge in [0.15, 0.2) is 6.23 Å². The molecule has 1 N–H and O–H groups in total. The van der Waals surface area contributed by atoms with Crippen molar-refractivity contribution >= 4 is 68.3 Å². The number of hydrogen-bond donors (Lipinski definition) is 1. The van der Waals surface area contributed by atoms with E-state index >= 15 is 0 Å². The number of carbonyl (C=O) groups is 1. The Morgan fingerprint density at radius 2 is 2.09 bits per heavy atom. The average Bonchev–Trinajstić information content (AvgIpc) is 2.39. The second-order valence-corrected chi connectivity index (χ2v) is 7.81. The standard InChI is InChI=1S/C13H14BrCl4NO3/c1-8(20)22-11-3-2-10(15)6-9(11)7-19-12(13(16,17)18)21-5-4-14/h2-3,6,12,19H,4-5,7H2,1H3. The van der Waals surface area contributed by atoms with Gasteiger partial charge in [0.05, 0.1) is 6.61 Å². The number of rotatable bonds is 7. The number of ether oxygens (including phenoxy) is 2. The zero-order valence-electron chi connectivity index (χ0n) is 11.5. The summed E-state index contributed by atoms with van der Waals surface area (Å²) < 4.78 is 8.90. The van der Waals surface area contributed by atoms with Crippen molar-refractivity contribution < 1.29 is 14.3 Å². The molecule has 1 atom stereocenters. The molecule has 22 heavy (non-hydrogen) atoms. The van der Waals surface area contributed by atoms with Crippen LogP contribution in [0.3, 0.4) is 0 Å². The molecule has 0 saturated carbocycles. The minimum absolute atomic E-state index is 0.240. The Hall–Kier alpha value is 0.250. The minimum atomic E-state index is -1.65. The summed E-state index contributed by atoms with van der Waals surface area (Å²) in [5, 5.41) is 4.06. The first-order valence-corrected chi connectivity index (χ1v) is 8.82. The van der Waals surface area contributed by atoms with Crippen LogP contribution >= 0.6 is 62.3 Å². The number of nitrogens with one attached hydrogen (secondary N) is 1. The Morgan fingerprint density at radius 3 is 2.64 bits per heavy atom. The zero-order valence-corrected chi connectivity index (χ0v) is 16.2. The van der Waals surface area contributed by atoms with E-state index in [9.17, 15) is 4.79 Å². The van der Waals surface area contributed by atoms with Gasteiger partial charge >= 0.3 is 5.97 Å². The lowest BCUT2D eigenvalue weighted by Gasteiger charge is -2.26. The Labute approximate surface area is 157 Å². The van der Waals surface area contributed by atoms with Gasteiger partial charge in [0, 0.05) is 29.4 Å². The van der Waals surface area contributed by atoms with Crippen LogP contribution in [-0.2, 0) is 16.1 Å².